The molecule has 1 aromatic rings. The van der Waals surface area contributed by atoms with Crippen LogP contribution in [0, 0.1) is 11.8 Å². The van der Waals surface area contributed by atoms with E-state index in [4.69, 9.17) is 5.73 Å². The van der Waals surface area contributed by atoms with Gasteiger partial charge in [-0.25, -0.2) is 0 Å². The standard InChI is InChI=1S/C11H19N5O/c12-5-8-1-3-9(4-2-8)6-13-11(17)10-7-14-16-15-10/h7-9H,1-6,12H2,(H,13,17)(H,14,15,16). The highest BCUT2D eigenvalue weighted by Gasteiger charge is 2.20. The van der Waals surface area contributed by atoms with Crippen molar-refractivity contribution in [1.82, 2.24) is 20.7 Å². The van der Waals surface area contributed by atoms with Crippen molar-refractivity contribution >= 4 is 5.91 Å². The summed E-state index contributed by atoms with van der Waals surface area (Å²) < 4.78 is 0. The third-order valence-corrected chi connectivity index (χ3v) is 3.50. The molecule has 4 N–H and O–H groups in total. The van der Waals surface area contributed by atoms with Gasteiger partial charge in [-0.2, -0.15) is 15.4 Å². The molecule has 0 bridgehead atoms. The summed E-state index contributed by atoms with van der Waals surface area (Å²) in [6.45, 7) is 1.51. The minimum atomic E-state index is -0.153. The van der Waals surface area contributed by atoms with Crippen molar-refractivity contribution in [3.8, 4) is 0 Å². The van der Waals surface area contributed by atoms with E-state index in [0.717, 1.165) is 25.9 Å². The van der Waals surface area contributed by atoms with Crippen molar-refractivity contribution in [3.63, 3.8) is 0 Å². The number of carbonyl (C=O) groups excluding carboxylic acids is 1. The Hall–Kier alpha value is -1.43. The molecule has 0 spiro atoms. The maximum Gasteiger partial charge on any atom is 0.273 e. The lowest BCUT2D eigenvalue weighted by Crippen LogP contribution is -2.32. The lowest BCUT2D eigenvalue weighted by Gasteiger charge is -2.27. The number of rotatable bonds is 4. The summed E-state index contributed by atoms with van der Waals surface area (Å²) in [7, 11) is 0. The van der Waals surface area contributed by atoms with Gasteiger partial charge in [0.1, 0.15) is 0 Å². The molecule has 1 aliphatic rings. The maximum atomic E-state index is 11.6. The number of H-pyrrole nitrogens is 1. The Morgan fingerprint density at radius 1 is 1.41 bits per heavy atom. The summed E-state index contributed by atoms with van der Waals surface area (Å²) in [6.07, 6.45) is 6.10. The van der Waals surface area contributed by atoms with E-state index in [1.165, 1.54) is 19.0 Å². The normalized spacial score (nSPS) is 24.5. The molecule has 0 saturated heterocycles. The van der Waals surface area contributed by atoms with Crippen LogP contribution in [0.25, 0.3) is 0 Å². The highest BCUT2D eigenvalue weighted by atomic mass is 16.1. The number of aromatic nitrogens is 3. The molecule has 0 atom stereocenters. The minimum absolute atomic E-state index is 0.153. The van der Waals surface area contributed by atoms with Gasteiger partial charge in [0.05, 0.1) is 6.20 Å². The van der Waals surface area contributed by atoms with Crippen LogP contribution < -0.4 is 11.1 Å². The van der Waals surface area contributed by atoms with Crippen LogP contribution in [-0.2, 0) is 0 Å². The Bertz CT molecular complexity index is 343. The Balaban J connectivity index is 1.71. The molecule has 17 heavy (non-hydrogen) atoms. The van der Waals surface area contributed by atoms with Crippen LogP contribution in [-0.4, -0.2) is 34.4 Å². The monoisotopic (exact) mass is 237 g/mol. The first-order chi connectivity index (χ1) is 8.29. The van der Waals surface area contributed by atoms with Gasteiger partial charge < -0.3 is 11.1 Å². The van der Waals surface area contributed by atoms with Crippen LogP contribution >= 0.6 is 0 Å². The number of nitrogens with two attached hydrogens (primary N) is 1. The fourth-order valence-electron chi connectivity index (χ4n) is 2.31. The molecule has 0 aliphatic heterocycles. The summed E-state index contributed by atoms with van der Waals surface area (Å²) in [5.74, 6) is 1.10. The van der Waals surface area contributed by atoms with E-state index in [0.29, 0.717) is 17.5 Å². The highest BCUT2D eigenvalue weighted by Crippen LogP contribution is 2.27. The van der Waals surface area contributed by atoms with Crippen LogP contribution in [0.1, 0.15) is 36.2 Å². The Labute approximate surface area is 100 Å². The summed E-state index contributed by atoms with van der Waals surface area (Å²) in [5, 5.41) is 12.7. The zero-order valence-corrected chi connectivity index (χ0v) is 9.85. The fraction of sp³-hybridized carbons (Fsp3) is 0.727. The van der Waals surface area contributed by atoms with Crippen LogP contribution in [0.3, 0.4) is 0 Å². The Kier molecular flexibility index (Phi) is 4.08. The number of nitrogens with zero attached hydrogens (tertiary/aromatic N) is 2. The van der Waals surface area contributed by atoms with E-state index >= 15 is 0 Å². The van der Waals surface area contributed by atoms with Crippen LogP contribution in [0.2, 0.25) is 0 Å². The second-order valence-electron chi connectivity index (χ2n) is 4.69. The first kappa shape index (κ1) is 12.0. The maximum absolute atomic E-state index is 11.6. The molecule has 1 saturated carbocycles. The first-order valence-corrected chi connectivity index (χ1v) is 6.13. The smallest absolute Gasteiger partial charge is 0.273 e. The van der Waals surface area contributed by atoms with E-state index in [1.807, 2.05) is 0 Å². The molecule has 1 aromatic heterocycles. The first-order valence-electron chi connectivity index (χ1n) is 6.13. The molecule has 94 valence electrons. The minimum Gasteiger partial charge on any atom is -0.350 e. The van der Waals surface area contributed by atoms with Crippen molar-refractivity contribution in [2.24, 2.45) is 17.6 Å². The van der Waals surface area contributed by atoms with Gasteiger partial charge in [0, 0.05) is 6.54 Å². The van der Waals surface area contributed by atoms with Crippen LogP contribution in [0.15, 0.2) is 6.20 Å². The van der Waals surface area contributed by atoms with Crippen molar-refractivity contribution < 1.29 is 4.79 Å². The number of amides is 1. The van der Waals surface area contributed by atoms with Gasteiger partial charge in [-0.05, 0) is 44.1 Å². The third kappa shape index (κ3) is 3.26. The van der Waals surface area contributed by atoms with Gasteiger partial charge in [-0.3, -0.25) is 4.79 Å². The van der Waals surface area contributed by atoms with Crippen molar-refractivity contribution in [2.75, 3.05) is 13.1 Å². The number of hydrogen-bond acceptors (Lipinski definition) is 4. The molecular weight excluding hydrogens is 218 g/mol. The molecule has 1 aliphatic carbocycles. The van der Waals surface area contributed by atoms with Gasteiger partial charge in [0.2, 0.25) is 0 Å². The quantitative estimate of drug-likeness (QED) is 0.701. The molecule has 6 nitrogen and oxygen atoms in total. The number of hydrogen-bond donors (Lipinski definition) is 3. The molecule has 0 unspecified atom stereocenters. The topological polar surface area (TPSA) is 96.7 Å². The molecule has 0 aromatic carbocycles. The largest absolute Gasteiger partial charge is 0.350 e. The third-order valence-electron chi connectivity index (χ3n) is 3.50. The molecule has 0 radical (unpaired) electrons. The predicted octanol–water partition coefficient (Wildman–Crippen LogP) is 0.300. The molecular formula is C11H19N5O. The molecule has 1 heterocycles. The van der Waals surface area contributed by atoms with E-state index in [1.54, 1.807) is 0 Å². The summed E-state index contributed by atoms with van der Waals surface area (Å²) in [5.41, 5.74) is 5.99. The lowest BCUT2D eigenvalue weighted by molar-refractivity contribution is 0.0936. The molecule has 1 amide bonds. The number of nitrogens with one attached hydrogen (secondary N) is 2. The Morgan fingerprint density at radius 2 is 2.12 bits per heavy atom. The number of aromatic amines is 1. The van der Waals surface area contributed by atoms with Crippen LogP contribution in [0.4, 0.5) is 0 Å². The summed E-state index contributed by atoms with van der Waals surface area (Å²) in [4.78, 5) is 11.6. The van der Waals surface area contributed by atoms with Crippen molar-refractivity contribution in [3.05, 3.63) is 11.9 Å². The lowest BCUT2D eigenvalue weighted by atomic mass is 9.82. The van der Waals surface area contributed by atoms with Crippen LogP contribution in [0.5, 0.6) is 0 Å². The SMILES string of the molecule is NCC1CCC(CNC(=O)c2cn[nH]n2)CC1. The average molecular weight is 237 g/mol. The number of carbonyl (C=O) groups is 1. The van der Waals surface area contributed by atoms with Gasteiger partial charge in [-0.1, -0.05) is 0 Å². The molecule has 2 rings (SSSR count). The van der Waals surface area contributed by atoms with Crippen molar-refractivity contribution in [2.45, 2.75) is 25.7 Å². The fourth-order valence-corrected chi connectivity index (χ4v) is 2.31. The summed E-state index contributed by atoms with van der Waals surface area (Å²) >= 11 is 0. The van der Waals surface area contributed by atoms with Crippen molar-refractivity contribution in [1.29, 1.82) is 0 Å². The average Bonchev–Trinajstić information content (AvgIpc) is 2.90. The zero-order chi connectivity index (χ0) is 12.1. The van der Waals surface area contributed by atoms with E-state index in [2.05, 4.69) is 20.7 Å². The van der Waals surface area contributed by atoms with Gasteiger partial charge in [-0.15, -0.1) is 0 Å². The van der Waals surface area contributed by atoms with E-state index in [-0.39, 0.29) is 5.91 Å². The molecule has 6 heteroatoms. The highest BCUT2D eigenvalue weighted by molar-refractivity contribution is 5.91. The van der Waals surface area contributed by atoms with Gasteiger partial charge in [0.15, 0.2) is 5.69 Å². The van der Waals surface area contributed by atoms with E-state index < -0.39 is 0 Å². The van der Waals surface area contributed by atoms with Gasteiger partial charge >= 0.3 is 0 Å². The summed E-state index contributed by atoms with van der Waals surface area (Å²) in [6, 6.07) is 0. The Morgan fingerprint density at radius 3 is 2.71 bits per heavy atom. The second kappa shape index (κ2) is 5.77. The second-order valence-corrected chi connectivity index (χ2v) is 4.69. The van der Waals surface area contributed by atoms with Gasteiger partial charge in [0.25, 0.3) is 5.91 Å². The van der Waals surface area contributed by atoms with E-state index in [9.17, 15) is 4.79 Å². The zero-order valence-electron chi connectivity index (χ0n) is 9.85. The molecule has 1 fully saturated rings. The predicted molar refractivity (Wildman–Crippen MR) is 63.2 cm³/mol.